The monoisotopic (exact) mass is 305 g/mol. The van der Waals surface area contributed by atoms with E-state index in [0.717, 1.165) is 30.8 Å². The van der Waals surface area contributed by atoms with E-state index in [4.69, 9.17) is 4.52 Å². The highest BCUT2D eigenvalue weighted by atomic mass is 32.1. The molecule has 3 rings (SSSR count). The molecule has 0 aliphatic carbocycles. The zero-order valence-electron chi connectivity index (χ0n) is 11.8. The van der Waals surface area contributed by atoms with E-state index in [1.807, 2.05) is 13.8 Å². The minimum atomic E-state index is -0.167. The third kappa shape index (κ3) is 2.80. The van der Waals surface area contributed by atoms with Crippen LogP contribution < -0.4 is 10.9 Å². The van der Waals surface area contributed by atoms with Crippen LogP contribution in [0.2, 0.25) is 0 Å². The average molecular weight is 305 g/mol. The Bertz CT molecular complexity index is 800. The summed E-state index contributed by atoms with van der Waals surface area (Å²) < 4.78 is 6.44. The molecule has 3 heterocycles. The van der Waals surface area contributed by atoms with Gasteiger partial charge in [0, 0.05) is 24.4 Å². The lowest BCUT2D eigenvalue weighted by molar-refractivity contribution is 0.392. The maximum atomic E-state index is 11.6. The van der Waals surface area contributed by atoms with E-state index in [2.05, 4.69) is 20.6 Å². The highest BCUT2D eigenvalue weighted by molar-refractivity contribution is 7.20. The lowest BCUT2D eigenvalue weighted by atomic mass is 10.1. The lowest BCUT2D eigenvalue weighted by Crippen LogP contribution is -2.13. The van der Waals surface area contributed by atoms with E-state index in [0.29, 0.717) is 10.1 Å². The smallest absolute Gasteiger partial charge is 0.275 e. The normalized spacial score (nSPS) is 11.1. The number of rotatable bonds is 5. The van der Waals surface area contributed by atoms with Crippen molar-refractivity contribution in [3.8, 4) is 0 Å². The number of hydrogen-bond donors (Lipinski definition) is 1. The molecule has 0 spiro atoms. The van der Waals surface area contributed by atoms with Gasteiger partial charge in [0.05, 0.1) is 5.69 Å². The van der Waals surface area contributed by atoms with Crippen molar-refractivity contribution in [3.05, 3.63) is 39.6 Å². The Labute approximate surface area is 124 Å². The van der Waals surface area contributed by atoms with Gasteiger partial charge in [0.15, 0.2) is 0 Å². The molecule has 0 atom stereocenters. The summed E-state index contributed by atoms with van der Waals surface area (Å²) in [5, 5.41) is 12.1. The van der Waals surface area contributed by atoms with Crippen LogP contribution in [0.4, 0.5) is 5.13 Å². The molecule has 0 saturated heterocycles. The number of fused-ring (bicyclic) bond motifs is 1. The fraction of sp³-hybridized carbons (Fsp3) is 0.385. The summed E-state index contributed by atoms with van der Waals surface area (Å²) in [4.78, 5) is 16.3. The van der Waals surface area contributed by atoms with Crippen LogP contribution in [0, 0.1) is 13.8 Å². The van der Waals surface area contributed by atoms with Crippen LogP contribution in [0.25, 0.3) is 4.96 Å². The molecule has 0 fully saturated rings. The molecule has 0 saturated carbocycles. The Balaban J connectivity index is 1.60. The van der Waals surface area contributed by atoms with Gasteiger partial charge < -0.3 is 9.84 Å². The maximum Gasteiger partial charge on any atom is 0.275 e. The zero-order chi connectivity index (χ0) is 14.8. The summed E-state index contributed by atoms with van der Waals surface area (Å²) in [5.41, 5.74) is 1.95. The van der Waals surface area contributed by atoms with Gasteiger partial charge in [-0.2, -0.15) is 4.52 Å². The number of nitrogens with one attached hydrogen (secondary N) is 1. The first-order valence-electron chi connectivity index (χ1n) is 6.65. The average Bonchev–Trinajstić information content (AvgIpc) is 3.01. The molecule has 0 radical (unpaired) electrons. The predicted molar refractivity (Wildman–Crippen MR) is 79.9 cm³/mol. The Kier molecular flexibility index (Phi) is 3.70. The third-order valence-corrected chi connectivity index (χ3v) is 4.11. The summed E-state index contributed by atoms with van der Waals surface area (Å²) >= 11 is 1.36. The van der Waals surface area contributed by atoms with Crippen LogP contribution in [0.3, 0.4) is 0 Å². The summed E-state index contributed by atoms with van der Waals surface area (Å²) in [6.07, 6.45) is 3.33. The second-order valence-corrected chi connectivity index (χ2v) is 5.67. The van der Waals surface area contributed by atoms with Gasteiger partial charge in [-0.3, -0.25) is 4.79 Å². The second-order valence-electron chi connectivity index (χ2n) is 4.72. The van der Waals surface area contributed by atoms with Crippen molar-refractivity contribution < 1.29 is 4.52 Å². The van der Waals surface area contributed by atoms with Gasteiger partial charge in [0.1, 0.15) is 5.76 Å². The van der Waals surface area contributed by atoms with E-state index in [1.54, 1.807) is 0 Å². The molecule has 0 unspecified atom stereocenters. The highest BCUT2D eigenvalue weighted by Gasteiger charge is 2.09. The van der Waals surface area contributed by atoms with Crippen molar-refractivity contribution in [1.29, 1.82) is 0 Å². The first-order chi connectivity index (χ1) is 10.1. The van der Waals surface area contributed by atoms with Crippen molar-refractivity contribution in [1.82, 2.24) is 19.8 Å². The molecule has 0 aliphatic heterocycles. The maximum absolute atomic E-state index is 11.6. The minimum absolute atomic E-state index is 0.167. The predicted octanol–water partition coefficient (Wildman–Crippen LogP) is 1.80. The van der Waals surface area contributed by atoms with E-state index < -0.39 is 0 Å². The van der Waals surface area contributed by atoms with Crippen LogP contribution in [-0.4, -0.2) is 26.3 Å². The fourth-order valence-electron chi connectivity index (χ4n) is 2.13. The minimum Gasteiger partial charge on any atom is -0.361 e. The topological polar surface area (TPSA) is 85.3 Å². The van der Waals surface area contributed by atoms with Gasteiger partial charge in [0.25, 0.3) is 5.56 Å². The molecule has 110 valence electrons. The molecule has 8 heteroatoms. The van der Waals surface area contributed by atoms with Crippen molar-refractivity contribution in [3.63, 3.8) is 0 Å². The molecule has 21 heavy (non-hydrogen) atoms. The number of aryl methyl sites for hydroxylation is 2. The largest absolute Gasteiger partial charge is 0.361 e. The Morgan fingerprint density at radius 3 is 3.00 bits per heavy atom. The zero-order valence-corrected chi connectivity index (χ0v) is 12.6. The van der Waals surface area contributed by atoms with Gasteiger partial charge in [-0.15, -0.1) is 5.10 Å². The van der Waals surface area contributed by atoms with E-state index in [9.17, 15) is 4.79 Å². The first-order valence-corrected chi connectivity index (χ1v) is 7.47. The summed E-state index contributed by atoms with van der Waals surface area (Å²) in [7, 11) is 0. The van der Waals surface area contributed by atoms with Crippen LogP contribution in [0.15, 0.2) is 21.6 Å². The lowest BCUT2D eigenvalue weighted by Gasteiger charge is -2.01. The Morgan fingerprint density at radius 2 is 2.29 bits per heavy atom. The van der Waals surface area contributed by atoms with Crippen molar-refractivity contribution in [2.24, 2.45) is 0 Å². The number of nitrogens with zero attached hydrogens (tertiary/aromatic N) is 4. The van der Waals surface area contributed by atoms with E-state index in [1.165, 1.54) is 33.7 Å². The van der Waals surface area contributed by atoms with E-state index in [-0.39, 0.29) is 5.56 Å². The van der Waals surface area contributed by atoms with Crippen molar-refractivity contribution in [2.45, 2.75) is 26.7 Å². The molecule has 0 amide bonds. The Hall–Kier alpha value is -2.22. The molecular weight excluding hydrogens is 290 g/mol. The molecule has 1 N–H and O–H groups in total. The number of aromatic nitrogens is 4. The molecular formula is C13H15N5O2S. The summed E-state index contributed by atoms with van der Waals surface area (Å²) in [5.74, 6) is 0.878. The van der Waals surface area contributed by atoms with E-state index >= 15 is 0 Å². The van der Waals surface area contributed by atoms with Crippen LogP contribution >= 0.6 is 11.3 Å². The molecule has 0 aromatic carbocycles. The van der Waals surface area contributed by atoms with Crippen LogP contribution in [0.1, 0.15) is 23.4 Å². The second kappa shape index (κ2) is 5.65. The van der Waals surface area contributed by atoms with Gasteiger partial charge in [-0.05, 0) is 26.7 Å². The Morgan fingerprint density at radius 1 is 1.43 bits per heavy atom. The van der Waals surface area contributed by atoms with Crippen LogP contribution in [-0.2, 0) is 6.42 Å². The van der Waals surface area contributed by atoms with Gasteiger partial charge in [-0.25, -0.2) is 4.98 Å². The molecule has 0 aliphatic rings. The molecule has 7 nitrogen and oxygen atoms in total. The fourth-order valence-corrected chi connectivity index (χ4v) is 2.93. The number of hydrogen-bond acceptors (Lipinski definition) is 7. The van der Waals surface area contributed by atoms with Gasteiger partial charge in [-0.1, -0.05) is 16.5 Å². The molecule has 0 bridgehead atoms. The van der Waals surface area contributed by atoms with Crippen molar-refractivity contribution >= 4 is 21.4 Å². The first kappa shape index (κ1) is 13.7. The summed E-state index contributed by atoms with van der Waals surface area (Å²) in [6, 6.07) is 1.40. The quantitative estimate of drug-likeness (QED) is 0.723. The number of anilines is 1. The standard InChI is InChI=1S/C13H15N5O2S/c1-8-10(9(2)20-17-8)4-3-6-14-12-16-18-11(19)5-7-15-13(18)21-12/h5,7H,3-4,6H2,1-2H3,(H,14,16). The molecule has 3 aromatic heterocycles. The summed E-state index contributed by atoms with van der Waals surface area (Å²) in [6.45, 7) is 4.64. The van der Waals surface area contributed by atoms with Gasteiger partial charge >= 0.3 is 0 Å². The third-order valence-electron chi connectivity index (χ3n) is 3.23. The van der Waals surface area contributed by atoms with Gasteiger partial charge in [0.2, 0.25) is 10.1 Å². The van der Waals surface area contributed by atoms with Crippen LogP contribution in [0.5, 0.6) is 0 Å². The highest BCUT2D eigenvalue weighted by Crippen LogP contribution is 2.17. The van der Waals surface area contributed by atoms with Crippen molar-refractivity contribution in [2.75, 3.05) is 11.9 Å². The molecule has 3 aromatic rings. The SMILES string of the molecule is Cc1noc(C)c1CCCNc1nn2c(=O)ccnc2s1.